The van der Waals surface area contributed by atoms with Crippen LogP contribution in [0.25, 0.3) is 0 Å². The summed E-state index contributed by atoms with van der Waals surface area (Å²) >= 11 is 0. The second kappa shape index (κ2) is 8.16. The van der Waals surface area contributed by atoms with E-state index in [0.717, 1.165) is 0 Å². The highest BCUT2D eigenvalue weighted by Gasteiger charge is 2.21. The predicted molar refractivity (Wildman–Crippen MR) is 72.6 cm³/mol. The maximum absolute atomic E-state index is 11.7. The van der Waals surface area contributed by atoms with E-state index >= 15 is 0 Å². The van der Waals surface area contributed by atoms with Crippen LogP contribution in [0.2, 0.25) is 0 Å². The second-order valence-corrected chi connectivity index (χ2v) is 4.06. The van der Waals surface area contributed by atoms with Crippen molar-refractivity contribution in [2.45, 2.75) is 19.4 Å². The quantitative estimate of drug-likeness (QED) is 0.703. The largest absolute Gasteiger partial charge is 0.497 e. The number of carbonyl (C=O) groups is 2. The lowest BCUT2D eigenvalue weighted by Crippen LogP contribution is -2.34. The van der Waals surface area contributed by atoms with E-state index < -0.39 is 12.0 Å². The van der Waals surface area contributed by atoms with Gasteiger partial charge in [-0.25, -0.2) is 4.79 Å². The minimum atomic E-state index is -1.11. The number of carboxylic acids is 1. The molecule has 1 atom stereocenters. The van der Waals surface area contributed by atoms with Crippen LogP contribution >= 0.6 is 0 Å². The molecule has 6 nitrogen and oxygen atoms in total. The molecule has 0 saturated carbocycles. The van der Waals surface area contributed by atoms with Crippen molar-refractivity contribution in [3.8, 4) is 5.75 Å². The zero-order valence-corrected chi connectivity index (χ0v) is 11.6. The highest BCUT2D eigenvalue weighted by atomic mass is 16.5. The smallest absolute Gasteiger partial charge is 0.330 e. The summed E-state index contributed by atoms with van der Waals surface area (Å²) in [5.74, 6) is -0.845. The van der Waals surface area contributed by atoms with Crippen LogP contribution in [0, 0.1) is 0 Å². The molecule has 1 unspecified atom stereocenters. The summed E-state index contributed by atoms with van der Waals surface area (Å²) in [4.78, 5) is 22.9. The van der Waals surface area contributed by atoms with Gasteiger partial charge >= 0.3 is 5.97 Å². The molecule has 1 aromatic rings. The van der Waals surface area contributed by atoms with Crippen molar-refractivity contribution in [3.05, 3.63) is 29.8 Å². The van der Waals surface area contributed by atoms with E-state index in [-0.39, 0.29) is 18.9 Å². The molecule has 0 fully saturated rings. The number of carbonyl (C=O) groups excluding carboxylic acids is 1. The summed E-state index contributed by atoms with van der Waals surface area (Å²) in [5, 5.41) is 11.7. The third kappa shape index (κ3) is 4.89. The molecule has 0 aromatic heterocycles. The Balaban J connectivity index is 2.68. The van der Waals surface area contributed by atoms with E-state index in [0.29, 0.717) is 17.9 Å². The van der Waals surface area contributed by atoms with Crippen LogP contribution in [0.15, 0.2) is 24.3 Å². The van der Waals surface area contributed by atoms with Gasteiger partial charge in [0.2, 0.25) is 5.91 Å². The molecule has 1 aromatic carbocycles. The third-order valence-corrected chi connectivity index (χ3v) is 2.68. The van der Waals surface area contributed by atoms with Gasteiger partial charge in [-0.1, -0.05) is 12.1 Å². The second-order valence-electron chi connectivity index (χ2n) is 4.06. The minimum Gasteiger partial charge on any atom is -0.497 e. The SMILES string of the molecule is CCOCCC(=O)NC(C(=O)O)c1ccc(OC)cc1. The van der Waals surface area contributed by atoms with Crippen molar-refractivity contribution in [2.24, 2.45) is 0 Å². The van der Waals surface area contributed by atoms with Gasteiger partial charge in [0, 0.05) is 13.0 Å². The van der Waals surface area contributed by atoms with E-state index in [2.05, 4.69) is 5.32 Å². The summed E-state index contributed by atoms with van der Waals surface area (Å²) in [5.41, 5.74) is 0.489. The normalized spacial score (nSPS) is 11.7. The first-order valence-electron chi connectivity index (χ1n) is 6.32. The molecule has 6 heteroatoms. The Hall–Kier alpha value is -2.08. The van der Waals surface area contributed by atoms with Gasteiger partial charge in [0.15, 0.2) is 6.04 Å². The standard InChI is InChI=1S/C14H19NO5/c1-3-20-9-8-12(16)15-13(14(17)18)10-4-6-11(19-2)7-5-10/h4-7,13H,3,8-9H2,1-2H3,(H,15,16)(H,17,18). The fourth-order valence-corrected chi connectivity index (χ4v) is 1.63. The molecule has 1 amide bonds. The predicted octanol–water partition coefficient (Wildman–Crippen LogP) is 1.36. The lowest BCUT2D eigenvalue weighted by Gasteiger charge is -2.15. The number of methoxy groups -OCH3 is 1. The Morgan fingerprint density at radius 1 is 1.30 bits per heavy atom. The molecular formula is C14H19NO5. The van der Waals surface area contributed by atoms with Crippen molar-refractivity contribution in [2.75, 3.05) is 20.3 Å². The molecule has 2 N–H and O–H groups in total. The van der Waals surface area contributed by atoms with E-state index in [9.17, 15) is 14.7 Å². The van der Waals surface area contributed by atoms with Crippen LogP contribution in [0.3, 0.4) is 0 Å². The highest BCUT2D eigenvalue weighted by molar-refractivity contribution is 5.84. The first-order valence-corrected chi connectivity index (χ1v) is 6.32. The molecule has 20 heavy (non-hydrogen) atoms. The molecule has 110 valence electrons. The van der Waals surface area contributed by atoms with Crippen molar-refractivity contribution in [1.29, 1.82) is 0 Å². The minimum absolute atomic E-state index is 0.133. The third-order valence-electron chi connectivity index (χ3n) is 2.68. The zero-order valence-electron chi connectivity index (χ0n) is 11.6. The van der Waals surface area contributed by atoms with Gasteiger partial charge in [-0.3, -0.25) is 4.79 Å². The molecule has 0 heterocycles. The number of amides is 1. The fourth-order valence-electron chi connectivity index (χ4n) is 1.63. The molecule has 0 spiro atoms. The average Bonchev–Trinajstić information content (AvgIpc) is 2.45. The number of rotatable bonds is 8. The molecule has 0 radical (unpaired) electrons. The topological polar surface area (TPSA) is 84.9 Å². The van der Waals surface area contributed by atoms with Gasteiger partial charge in [-0.2, -0.15) is 0 Å². The van der Waals surface area contributed by atoms with E-state index in [1.165, 1.54) is 7.11 Å². The van der Waals surface area contributed by atoms with Gasteiger partial charge in [-0.05, 0) is 24.6 Å². The number of nitrogens with one attached hydrogen (secondary N) is 1. The number of carboxylic acid groups (broad SMARTS) is 1. The summed E-state index contributed by atoms with van der Waals surface area (Å²) in [6.45, 7) is 2.63. The Bertz CT molecular complexity index is 443. The van der Waals surface area contributed by atoms with Crippen molar-refractivity contribution >= 4 is 11.9 Å². The van der Waals surface area contributed by atoms with Gasteiger partial charge in [-0.15, -0.1) is 0 Å². The van der Waals surface area contributed by atoms with Gasteiger partial charge in [0.1, 0.15) is 5.75 Å². The molecule has 1 rings (SSSR count). The van der Waals surface area contributed by atoms with E-state index in [1.807, 2.05) is 6.92 Å². The van der Waals surface area contributed by atoms with Crippen LogP contribution < -0.4 is 10.1 Å². The lowest BCUT2D eigenvalue weighted by molar-refractivity contribution is -0.142. The lowest BCUT2D eigenvalue weighted by atomic mass is 10.1. The molecular weight excluding hydrogens is 262 g/mol. The molecule has 0 aliphatic carbocycles. The van der Waals surface area contributed by atoms with E-state index in [1.54, 1.807) is 24.3 Å². The number of hydrogen-bond acceptors (Lipinski definition) is 4. The number of benzene rings is 1. The van der Waals surface area contributed by atoms with Crippen LogP contribution in [-0.4, -0.2) is 37.3 Å². The van der Waals surface area contributed by atoms with Crippen molar-refractivity contribution < 1.29 is 24.2 Å². The monoisotopic (exact) mass is 281 g/mol. The Morgan fingerprint density at radius 3 is 2.45 bits per heavy atom. The summed E-state index contributed by atoms with van der Waals surface area (Å²) < 4.78 is 10.1. The maximum atomic E-state index is 11.7. The average molecular weight is 281 g/mol. The molecule has 0 aliphatic rings. The van der Waals surface area contributed by atoms with Crippen LogP contribution in [-0.2, 0) is 14.3 Å². The summed E-state index contributed by atoms with van der Waals surface area (Å²) in [6.07, 6.45) is 0.133. The van der Waals surface area contributed by atoms with Crippen LogP contribution in [0.4, 0.5) is 0 Å². The maximum Gasteiger partial charge on any atom is 0.330 e. The molecule has 0 aliphatic heterocycles. The molecule has 0 saturated heterocycles. The molecule has 0 bridgehead atoms. The van der Waals surface area contributed by atoms with E-state index in [4.69, 9.17) is 9.47 Å². The Labute approximate surface area is 117 Å². The van der Waals surface area contributed by atoms with Gasteiger partial charge < -0.3 is 19.9 Å². The first kappa shape index (κ1) is 16.0. The van der Waals surface area contributed by atoms with Crippen LogP contribution in [0.5, 0.6) is 5.75 Å². The number of ether oxygens (including phenoxy) is 2. The van der Waals surface area contributed by atoms with Gasteiger partial charge in [0.25, 0.3) is 0 Å². The van der Waals surface area contributed by atoms with Gasteiger partial charge in [0.05, 0.1) is 13.7 Å². The zero-order chi connectivity index (χ0) is 15.0. The Kier molecular flexibility index (Phi) is 6.52. The number of hydrogen-bond donors (Lipinski definition) is 2. The van der Waals surface area contributed by atoms with Crippen LogP contribution in [0.1, 0.15) is 24.9 Å². The first-order chi connectivity index (χ1) is 9.58. The highest BCUT2D eigenvalue weighted by Crippen LogP contribution is 2.18. The fraction of sp³-hybridized carbons (Fsp3) is 0.429. The Morgan fingerprint density at radius 2 is 1.95 bits per heavy atom. The van der Waals surface area contributed by atoms with Crippen molar-refractivity contribution in [3.63, 3.8) is 0 Å². The van der Waals surface area contributed by atoms with Crippen molar-refractivity contribution in [1.82, 2.24) is 5.32 Å². The summed E-state index contributed by atoms with van der Waals surface area (Å²) in [7, 11) is 1.53. The summed E-state index contributed by atoms with van der Waals surface area (Å²) in [6, 6.07) is 5.45. The number of aliphatic carboxylic acids is 1.